The summed E-state index contributed by atoms with van der Waals surface area (Å²) in [6.45, 7) is 9.32. The molecule has 0 bridgehead atoms. The molecule has 2 heterocycles. The molecule has 1 aliphatic rings. The van der Waals surface area contributed by atoms with Crippen LogP contribution in [0.5, 0.6) is 0 Å². The maximum absolute atomic E-state index is 4.76. The lowest BCUT2D eigenvalue weighted by Gasteiger charge is -2.29. The van der Waals surface area contributed by atoms with Crippen molar-refractivity contribution >= 4 is 0 Å². The van der Waals surface area contributed by atoms with E-state index in [9.17, 15) is 0 Å². The molecule has 2 rings (SSSR count). The van der Waals surface area contributed by atoms with Crippen LogP contribution >= 0.6 is 0 Å². The van der Waals surface area contributed by atoms with Gasteiger partial charge in [-0.15, -0.1) is 0 Å². The molecule has 0 aromatic carbocycles. The van der Waals surface area contributed by atoms with E-state index in [1.807, 2.05) is 7.05 Å². The predicted octanol–water partition coefficient (Wildman–Crippen LogP) is 3.67. The summed E-state index contributed by atoms with van der Waals surface area (Å²) in [5.41, 5.74) is 1.48. The molecule has 0 radical (unpaired) electrons. The normalized spacial score (nSPS) is 21.0. The third-order valence-electron chi connectivity index (χ3n) is 5.52. The molecule has 1 aromatic heterocycles. The third-order valence-corrected chi connectivity index (χ3v) is 5.52. The van der Waals surface area contributed by atoms with Crippen LogP contribution in [0.3, 0.4) is 0 Å². The van der Waals surface area contributed by atoms with Crippen LogP contribution in [-0.2, 0) is 19.4 Å². The number of hydrogen-bond acceptors (Lipinski definition) is 2. The standard InChI is InChI=1S/C18H33N3/c1-5-14(3)16-8-10-21-17(12-16)13-20-18(21)11-15(6-2)7-9-19-4/h13-16,19H,5-12H2,1-4H3. The van der Waals surface area contributed by atoms with Crippen molar-refractivity contribution in [3.8, 4) is 0 Å². The fourth-order valence-electron chi connectivity index (χ4n) is 3.59. The van der Waals surface area contributed by atoms with Crippen LogP contribution in [0.1, 0.15) is 58.0 Å². The van der Waals surface area contributed by atoms with Gasteiger partial charge in [-0.25, -0.2) is 4.98 Å². The molecular formula is C18H33N3. The first-order chi connectivity index (χ1) is 10.2. The van der Waals surface area contributed by atoms with E-state index in [0.717, 1.165) is 30.7 Å². The minimum Gasteiger partial charge on any atom is -0.332 e. The number of nitrogens with zero attached hydrogens (tertiary/aromatic N) is 2. The molecule has 120 valence electrons. The molecule has 21 heavy (non-hydrogen) atoms. The monoisotopic (exact) mass is 291 g/mol. The molecule has 1 aliphatic heterocycles. The summed E-state index contributed by atoms with van der Waals surface area (Å²) in [6.07, 6.45) is 9.66. The lowest BCUT2D eigenvalue weighted by Crippen LogP contribution is -2.25. The van der Waals surface area contributed by atoms with Gasteiger partial charge in [0.05, 0.1) is 0 Å². The molecule has 1 N–H and O–H groups in total. The number of rotatable bonds is 8. The first kappa shape index (κ1) is 16.5. The Morgan fingerprint density at radius 2 is 2.19 bits per heavy atom. The van der Waals surface area contributed by atoms with Crippen LogP contribution < -0.4 is 5.32 Å². The van der Waals surface area contributed by atoms with Gasteiger partial charge < -0.3 is 9.88 Å². The zero-order valence-corrected chi connectivity index (χ0v) is 14.4. The third kappa shape index (κ3) is 4.09. The van der Waals surface area contributed by atoms with Crippen LogP contribution in [0.4, 0.5) is 0 Å². The fourth-order valence-corrected chi connectivity index (χ4v) is 3.59. The van der Waals surface area contributed by atoms with Gasteiger partial charge in [0.1, 0.15) is 5.82 Å². The summed E-state index contributed by atoms with van der Waals surface area (Å²) in [5, 5.41) is 3.27. The number of aromatic nitrogens is 2. The van der Waals surface area contributed by atoms with Crippen LogP contribution in [0, 0.1) is 17.8 Å². The van der Waals surface area contributed by atoms with Gasteiger partial charge in [-0.2, -0.15) is 0 Å². The Balaban J connectivity index is 2.00. The molecule has 0 aliphatic carbocycles. The van der Waals surface area contributed by atoms with E-state index in [1.165, 1.54) is 50.2 Å². The highest BCUT2D eigenvalue weighted by atomic mass is 15.1. The first-order valence-electron chi connectivity index (χ1n) is 8.87. The number of nitrogens with one attached hydrogen (secondary N) is 1. The Morgan fingerprint density at radius 3 is 2.86 bits per heavy atom. The molecule has 1 aromatic rings. The van der Waals surface area contributed by atoms with Crippen LogP contribution in [0.25, 0.3) is 0 Å². The second kappa shape index (κ2) is 7.98. The Bertz CT molecular complexity index is 424. The maximum atomic E-state index is 4.76. The van der Waals surface area contributed by atoms with Crippen molar-refractivity contribution in [1.29, 1.82) is 0 Å². The lowest BCUT2D eigenvalue weighted by molar-refractivity contribution is 0.275. The SMILES string of the molecule is CCC(CCNC)Cc1ncc2n1CCC(C(C)CC)C2. The highest BCUT2D eigenvalue weighted by molar-refractivity contribution is 5.10. The zero-order valence-electron chi connectivity index (χ0n) is 14.4. The fraction of sp³-hybridized carbons (Fsp3) is 0.833. The van der Waals surface area contributed by atoms with Gasteiger partial charge in [0.15, 0.2) is 0 Å². The Kier molecular flexibility index (Phi) is 6.28. The average molecular weight is 291 g/mol. The summed E-state index contributed by atoms with van der Waals surface area (Å²) >= 11 is 0. The molecule has 3 nitrogen and oxygen atoms in total. The van der Waals surface area contributed by atoms with Gasteiger partial charge in [0, 0.05) is 24.9 Å². The van der Waals surface area contributed by atoms with Crippen molar-refractivity contribution in [2.75, 3.05) is 13.6 Å². The van der Waals surface area contributed by atoms with Crippen LogP contribution in [-0.4, -0.2) is 23.1 Å². The van der Waals surface area contributed by atoms with Gasteiger partial charge in [0.2, 0.25) is 0 Å². The summed E-state index contributed by atoms with van der Waals surface area (Å²) in [7, 11) is 2.04. The minimum atomic E-state index is 0.760. The average Bonchev–Trinajstić information content (AvgIpc) is 2.92. The van der Waals surface area contributed by atoms with Gasteiger partial charge in [-0.05, 0) is 50.6 Å². The Hall–Kier alpha value is -0.830. The Morgan fingerprint density at radius 1 is 1.38 bits per heavy atom. The lowest BCUT2D eigenvalue weighted by atomic mass is 9.83. The molecule has 0 spiro atoms. The summed E-state index contributed by atoms with van der Waals surface area (Å²) in [4.78, 5) is 4.76. The largest absolute Gasteiger partial charge is 0.332 e. The van der Waals surface area contributed by atoms with Crippen LogP contribution in [0.2, 0.25) is 0 Å². The van der Waals surface area contributed by atoms with Gasteiger partial charge >= 0.3 is 0 Å². The molecule has 0 amide bonds. The van der Waals surface area contributed by atoms with Crippen molar-refractivity contribution in [2.45, 2.75) is 65.8 Å². The number of fused-ring (bicyclic) bond motifs is 1. The van der Waals surface area contributed by atoms with E-state index in [-0.39, 0.29) is 0 Å². The minimum absolute atomic E-state index is 0.760. The second-order valence-corrected chi connectivity index (χ2v) is 6.83. The van der Waals surface area contributed by atoms with Crippen molar-refractivity contribution in [3.05, 3.63) is 17.7 Å². The van der Waals surface area contributed by atoms with Crippen molar-refractivity contribution < 1.29 is 0 Å². The van der Waals surface area contributed by atoms with E-state index >= 15 is 0 Å². The Labute approximate surface area is 130 Å². The van der Waals surface area contributed by atoms with Crippen molar-refractivity contribution in [1.82, 2.24) is 14.9 Å². The summed E-state index contributed by atoms with van der Waals surface area (Å²) in [5.74, 6) is 3.79. The summed E-state index contributed by atoms with van der Waals surface area (Å²) < 4.78 is 2.51. The smallest absolute Gasteiger partial charge is 0.109 e. The number of hydrogen-bond donors (Lipinski definition) is 1. The van der Waals surface area contributed by atoms with E-state index in [2.05, 4.69) is 36.9 Å². The van der Waals surface area contributed by atoms with Gasteiger partial charge in [0.25, 0.3) is 0 Å². The molecule has 0 saturated carbocycles. The molecule has 0 saturated heterocycles. The first-order valence-corrected chi connectivity index (χ1v) is 8.87. The molecular weight excluding hydrogens is 258 g/mol. The topological polar surface area (TPSA) is 29.9 Å². The summed E-state index contributed by atoms with van der Waals surface area (Å²) in [6, 6.07) is 0. The van der Waals surface area contributed by atoms with E-state index in [1.54, 1.807) is 0 Å². The van der Waals surface area contributed by atoms with E-state index in [4.69, 9.17) is 4.98 Å². The molecule has 3 heteroatoms. The highest BCUT2D eigenvalue weighted by Gasteiger charge is 2.25. The zero-order chi connectivity index (χ0) is 15.2. The quantitative estimate of drug-likeness (QED) is 0.792. The van der Waals surface area contributed by atoms with Gasteiger partial charge in [-0.1, -0.05) is 33.6 Å². The second-order valence-electron chi connectivity index (χ2n) is 6.83. The van der Waals surface area contributed by atoms with Crippen molar-refractivity contribution in [3.63, 3.8) is 0 Å². The van der Waals surface area contributed by atoms with E-state index < -0.39 is 0 Å². The van der Waals surface area contributed by atoms with E-state index in [0.29, 0.717) is 0 Å². The van der Waals surface area contributed by atoms with Gasteiger partial charge in [-0.3, -0.25) is 0 Å². The maximum Gasteiger partial charge on any atom is 0.109 e. The van der Waals surface area contributed by atoms with Crippen LogP contribution in [0.15, 0.2) is 6.20 Å². The molecule has 0 fully saturated rings. The molecule has 3 atom stereocenters. The highest BCUT2D eigenvalue weighted by Crippen LogP contribution is 2.30. The number of imidazole rings is 1. The van der Waals surface area contributed by atoms with Crippen molar-refractivity contribution in [2.24, 2.45) is 17.8 Å². The predicted molar refractivity (Wildman–Crippen MR) is 89.5 cm³/mol. The molecule has 3 unspecified atom stereocenters.